The zero-order chi connectivity index (χ0) is 19.6. The average Bonchev–Trinajstić information content (AvgIpc) is 2.95. The highest BCUT2D eigenvalue weighted by atomic mass is 79.9. The van der Waals surface area contributed by atoms with Gasteiger partial charge in [-0.15, -0.1) is 5.10 Å². The van der Waals surface area contributed by atoms with Gasteiger partial charge in [-0.3, -0.25) is 4.79 Å². The first kappa shape index (κ1) is 19.5. The van der Waals surface area contributed by atoms with Crippen LogP contribution in [0.4, 0.5) is 0 Å². The van der Waals surface area contributed by atoms with Crippen LogP contribution in [0.5, 0.6) is 0 Å². The molecule has 3 rings (SSSR count). The van der Waals surface area contributed by atoms with Crippen LogP contribution in [0, 0.1) is 13.8 Å². The third-order valence-electron chi connectivity index (χ3n) is 3.82. The van der Waals surface area contributed by atoms with Crippen molar-refractivity contribution in [1.82, 2.24) is 24.3 Å². The Morgan fingerprint density at radius 1 is 1.07 bits per heavy atom. The molecule has 10 heteroatoms. The highest BCUT2D eigenvalue weighted by molar-refractivity contribution is 9.10. The van der Waals surface area contributed by atoms with Gasteiger partial charge in [0, 0.05) is 22.8 Å². The number of hydrogen-bond acceptors (Lipinski definition) is 5. The van der Waals surface area contributed by atoms with Crippen molar-refractivity contribution in [3.05, 3.63) is 68.7 Å². The minimum absolute atomic E-state index is 0.0336. The highest BCUT2D eigenvalue weighted by Gasteiger charge is 2.14. The molecule has 0 spiro atoms. The third-order valence-corrected chi connectivity index (χ3v) is 5.82. The number of sulfonamides is 1. The summed E-state index contributed by atoms with van der Waals surface area (Å²) < 4.78 is 30.7. The molecule has 1 aromatic carbocycles. The molecule has 142 valence electrons. The zero-order valence-electron chi connectivity index (χ0n) is 14.8. The summed E-state index contributed by atoms with van der Waals surface area (Å²) in [4.78, 5) is 12.2. The molecule has 0 fully saturated rings. The summed E-state index contributed by atoms with van der Waals surface area (Å²) in [6, 6.07) is 11.2. The van der Waals surface area contributed by atoms with E-state index >= 15 is 0 Å². The smallest absolute Gasteiger partial charge is 0.266 e. The number of benzene rings is 1. The van der Waals surface area contributed by atoms with E-state index in [0.29, 0.717) is 5.82 Å². The normalized spacial score (nSPS) is 11.7. The largest absolute Gasteiger partial charge is 0.268 e. The van der Waals surface area contributed by atoms with Gasteiger partial charge in [-0.2, -0.15) is 5.10 Å². The molecule has 0 atom stereocenters. The van der Waals surface area contributed by atoms with Crippen molar-refractivity contribution in [2.24, 2.45) is 0 Å². The van der Waals surface area contributed by atoms with Gasteiger partial charge in [0.25, 0.3) is 5.56 Å². The molecule has 2 aromatic heterocycles. The van der Waals surface area contributed by atoms with Gasteiger partial charge in [0.15, 0.2) is 5.82 Å². The summed E-state index contributed by atoms with van der Waals surface area (Å²) in [7, 11) is -3.66. The molecule has 27 heavy (non-hydrogen) atoms. The maximum Gasteiger partial charge on any atom is 0.266 e. The molecule has 8 nitrogen and oxygen atoms in total. The molecule has 0 unspecified atom stereocenters. The number of nitrogens with zero attached hydrogens (tertiary/aromatic N) is 4. The molecule has 0 aliphatic heterocycles. The second-order valence-electron chi connectivity index (χ2n) is 5.94. The molecule has 1 N–H and O–H groups in total. The van der Waals surface area contributed by atoms with Crippen LogP contribution in [0.3, 0.4) is 0 Å². The van der Waals surface area contributed by atoms with Gasteiger partial charge in [0.2, 0.25) is 10.0 Å². The predicted molar refractivity (Wildman–Crippen MR) is 104 cm³/mol. The van der Waals surface area contributed by atoms with Crippen LogP contribution in [0.15, 0.2) is 56.6 Å². The molecule has 3 aromatic rings. The number of rotatable bonds is 6. The predicted octanol–water partition coefficient (Wildman–Crippen LogP) is 1.79. The standard InChI is InChI=1S/C17H18BrN5O3S/c1-12-11-13(2)23(20-12)16-7-8-17(24)22(21-16)10-9-19-27(25,26)15-5-3-14(18)4-6-15/h3-8,11,19H,9-10H2,1-2H3. The van der Waals surface area contributed by atoms with E-state index in [0.717, 1.165) is 15.9 Å². The molecule has 0 radical (unpaired) electrons. The molecular weight excluding hydrogens is 434 g/mol. The van der Waals surface area contributed by atoms with E-state index in [1.54, 1.807) is 22.9 Å². The lowest BCUT2D eigenvalue weighted by Crippen LogP contribution is -2.32. The van der Waals surface area contributed by atoms with Crippen molar-refractivity contribution in [3.63, 3.8) is 0 Å². The molecule has 0 saturated heterocycles. The molecule has 2 heterocycles. The molecular formula is C17H18BrN5O3S. The Hall–Kier alpha value is -2.30. The fourth-order valence-electron chi connectivity index (χ4n) is 2.56. The van der Waals surface area contributed by atoms with E-state index < -0.39 is 10.0 Å². The summed E-state index contributed by atoms with van der Waals surface area (Å²) in [5, 5.41) is 8.63. The van der Waals surface area contributed by atoms with Crippen LogP contribution in [0.2, 0.25) is 0 Å². The van der Waals surface area contributed by atoms with Crippen molar-refractivity contribution in [3.8, 4) is 5.82 Å². The summed E-state index contributed by atoms with van der Waals surface area (Å²) in [5.41, 5.74) is 1.42. The second-order valence-corrected chi connectivity index (χ2v) is 8.63. The lowest BCUT2D eigenvalue weighted by atomic mass is 10.4. The Morgan fingerprint density at radius 2 is 1.78 bits per heavy atom. The van der Waals surface area contributed by atoms with Crippen LogP contribution in [0.1, 0.15) is 11.4 Å². The number of aryl methyl sites for hydroxylation is 2. The van der Waals surface area contributed by atoms with E-state index in [9.17, 15) is 13.2 Å². The van der Waals surface area contributed by atoms with Crippen molar-refractivity contribution >= 4 is 26.0 Å². The minimum Gasteiger partial charge on any atom is -0.268 e. The third kappa shape index (κ3) is 4.52. The lowest BCUT2D eigenvalue weighted by Gasteiger charge is -2.10. The van der Waals surface area contributed by atoms with Gasteiger partial charge in [-0.05, 0) is 50.2 Å². The van der Waals surface area contributed by atoms with E-state index in [-0.39, 0.29) is 23.5 Å². The Bertz CT molecular complexity index is 1120. The van der Waals surface area contributed by atoms with Gasteiger partial charge in [-0.1, -0.05) is 15.9 Å². The van der Waals surface area contributed by atoms with Crippen LogP contribution in [-0.2, 0) is 16.6 Å². The maximum absolute atomic E-state index is 12.3. The van der Waals surface area contributed by atoms with Gasteiger partial charge in [-0.25, -0.2) is 22.5 Å². The van der Waals surface area contributed by atoms with Crippen molar-refractivity contribution in [2.45, 2.75) is 25.3 Å². The van der Waals surface area contributed by atoms with Gasteiger partial charge in [0.1, 0.15) is 0 Å². The number of aromatic nitrogens is 4. The fraction of sp³-hybridized carbons (Fsp3) is 0.235. The van der Waals surface area contributed by atoms with Crippen LogP contribution in [-0.4, -0.2) is 34.5 Å². The van der Waals surface area contributed by atoms with Crippen LogP contribution < -0.4 is 10.3 Å². The summed E-state index contributed by atoms with van der Waals surface area (Å²) >= 11 is 3.27. The highest BCUT2D eigenvalue weighted by Crippen LogP contribution is 2.14. The average molecular weight is 452 g/mol. The lowest BCUT2D eigenvalue weighted by molar-refractivity contribution is 0.541. The van der Waals surface area contributed by atoms with Crippen LogP contribution in [0.25, 0.3) is 5.82 Å². The molecule has 0 aliphatic rings. The SMILES string of the molecule is Cc1cc(C)n(-c2ccc(=O)n(CCNS(=O)(=O)c3ccc(Br)cc3)n2)n1. The van der Waals surface area contributed by atoms with E-state index in [1.165, 1.54) is 22.9 Å². The van der Waals surface area contributed by atoms with Crippen molar-refractivity contribution < 1.29 is 8.42 Å². The van der Waals surface area contributed by atoms with Crippen molar-refractivity contribution in [2.75, 3.05) is 6.54 Å². The molecule has 0 aliphatic carbocycles. The fourth-order valence-corrected chi connectivity index (χ4v) is 3.84. The Labute approximate surface area is 165 Å². The first-order chi connectivity index (χ1) is 12.8. The summed E-state index contributed by atoms with van der Waals surface area (Å²) in [5.74, 6) is 0.496. The number of hydrogen-bond donors (Lipinski definition) is 1. The quantitative estimate of drug-likeness (QED) is 0.615. The summed E-state index contributed by atoms with van der Waals surface area (Å²) in [6.45, 7) is 3.90. The van der Waals surface area contributed by atoms with Gasteiger partial charge >= 0.3 is 0 Å². The second kappa shape index (κ2) is 7.75. The number of nitrogens with one attached hydrogen (secondary N) is 1. The molecule has 0 saturated carbocycles. The van der Waals surface area contributed by atoms with Gasteiger partial charge in [0.05, 0.1) is 17.1 Å². The topological polar surface area (TPSA) is 98.9 Å². The van der Waals surface area contributed by atoms with E-state index in [2.05, 4.69) is 30.8 Å². The Morgan fingerprint density at radius 3 is 2.41 bits per heavy atom. The minimum atomic E-state index is -3.66. The Balaban J connectivity index is 1.74. The first-order valence-electron chi connectivity index (χ1n) is 8.13. The van der Waals surface area contributed by atoms with Crippen LogP contribution >= 0.6 is 15.9 Å². The molecule has 0 amide bonds. The molecule has 0 bridgehead atoms. The Kier molecular flexibility index (Phi) is 5.59. The van der Waals surface area contributed by atoms with E-state index in [1.807, 2.05) is 19.9 Å². The summed E-state index contributed by atoms with van der Waals surface area (Å²) in [6.07, 6.45) is 0. The van der Waals surface area contributed by atoms with E-state index in [4.69, 9.17) is 0 Å². The zero-order valence-corrected chi connectivity index (χ0v) is 17.2. The van der Waals surface area contributed by atoms with Gasteiger partial charge < -0.3 is 0 Å². The van der Waals surface area contributed by atoms with Crippen molar-refractivity contribution in [1.29, 1.82) is 0 Å². The first-order valence-corrected chi connectivity index (χ1v) is 10.4. The number of halogens is 1. The monoisotopic (exact) mass is 451 g/mol. The maximum atomic E-state index is 12.3.